The van der Waals surface area contributed by atoms with E-state index in [2.05, 4.69) is 20.5 Å². The molecule has 7 heteroatoms. The van der Waals surface area contributed by atoms with Crippen LogP contribution >= 0.6 is 0 Å². The van der Waals surface area contributed by atoms with Crippen LogP contribution in [-0.4, -0.2) is 25.5 Å². The van der Waals surface area contributed by atoms with Crippen molar-refractivity contribution in [2.75, 3.05) is 5.32 Å². The van der Waals surface area contributed by atoms with Crippen LogP contribution in [0.1, 0.15) is 15.9 Å². The van der Waals surface area contributed by atoms with E-state index in [0.717, 1.165) is 34.3 Å². The van der Waals surface area contributed by atoms with Gasteiger partial charge in [0.25, 0.3) is 5.91 Å². The summed E-state index contributed by atoms with van der Waals surface area (Å²) in [4.78, 5) is 16.8. The number of hydrogen-bond acceptors (Lipinski definition) is 4. The number of carbonyl (C=O) groups excluding carboxylic acids is 1. The molecule has 1 amide bonds. The zero-order chi connectivity index (χ0) is 22.1. The number of hydrogen-bond donors (Lipinski definition) is 1. The van der Waals surface area contributed by atoms with Gasteiger partial charge in [-0.15, -0.1) is 10.2 Å². The van der Waals surface area contributed by atoms with E-state index < -0.39 is 5.82 Å². The van der Waals surface area contributed by atoms with E-state index >= 15 is 0 Å². The lowest BCUT2D eigenvalue weighted by Crippen LogP contribution is -2.14. The number of pyridine rings is 2. The molecule has 0 bridgehead atoms. The van der Waals surface area contributed by atoms with Gasteiger partial charge in [0.05, 0.1) is 6.20 Å². The molecule has 0 aliphatic heterocycles. The van der Waals surface area contributed by atoms with Crippen LogP contribution in [0.25, 0.3) is 28.2 Å². The Morgan fingerprint density at radius 1 is 0.938 bits per heavy atom. The van der Waals surface area contributed by atoms with Gasteiger partial charge >= 0.3 is 0 Å². The lowest BCUT2D eigenvalue weighted by atomic mass is 10.00. The maximum Gasteiger partial charge on any atom is 0.257 e. The van der Waals surface area contributed by atoms with Crippen molar-refractivity contribution in [2.24, 2.45) is 0 Å². The minimum Gasteiger partial charge on any atom is -0.307 e. The number of aromatic nitrogens is 4. The molecular weight excluding hydrogens is 405 g/mol. The Morgan fingerprint density at radius 2 is 1.78 bits per heavy atom. The molecule has 0 aliphatic rings. The van der Waals surface area contributed by atoms with Crippen LogP contribution in [0.5, 0.6) is 0 Å². The fourth-order valence-electron chi connectivity index (χ4n) is 3.59. The highest BCUT2D eigenvalue weighted by Crippen LogP contribution is 2.28. The Labute approximate surface area is 183 Å². The largest absolute Gasteiger partial charge is 0.307 e. The molecule has 0 radical (unpaired) electrons. The summed E-state index contributed by atoms with van der Waals surface area (Å²) in [5.74, 6) is 0.252. The summed E-state index contributed by atoms with van der Waals surface area (Å²) in [6.07, 6.45) is 2.98. The number of fused-ring (bicyclic) bond motifs is 1. The Balaban J connectivity index is 1.54. The van der Waals surface area contributed by atoms with Crippen molar-refractivity contribution in [1.82, 2.24) is 19.6 Å². The predicted octanol–water partition coefficient (Wildman–Crippen LogP) is 5.16. The molecule has 6 nitrogen and oxygen atoms in total. The fourth-order valence-corrected chi connectivity index (χ4v) is 3.59. The summed E-state index contributed by atoms with van der Waals surface area (Å²) in [6, 6.07) is 22.1. The van der Waals surface area contributed by atoms with Crippen molar-refractivity contribution in [3.8, 4) is 22.5 Å². The standard InChI is InChI=1S/C25H18FN5O/c1-16-9-10-18(14-21(16)25(32)28-22-12-11-19(26)15-27-22)20-8-5-13-31-23(29-30-24(20)31)17-6-3-2-4-7-17/h2-15H,1H3,(H,27,28,32). The normalized spacial score (nSPS) is 10.9. The van der Waals surface area contributed by atoms with E-state index in [4.69, 9.17) is 0 Å². The van der Waals surface area contributed by atoms with Crippen LogP contribution in [0.4, 0.5) is 10.2 Å². The summed E-state index contributed by atoms with van der Waals surface area (Å²) in [6.45, 7) is 1.86. The summed E-state index contributed by atoms with van der Waals surface area (Å²) < 4.78 is 15.0. The third kappa shape index (κ3) is 3.60. The number of halogens is 1. The van der Waals surface area contributed by atoms with Gasteiger partial charge in [0.1, 0.15) is 11.6 Å². The Hall–Kier alpha value is -4.39. The maximum absolute atomic E-state index is 13.1. The molecule has 0 saturated carbocycles. The number of anilines is 1. The Bertz CT molecular complexity index is 1430. The van der Waals surface area contributed by atoms with E-state index in [1.807, 2.05) is 78.2 Å². The first-order chi connectivity index (χ1) is 15.6. The summed E-state index contributed by atoms with van der Waals surface area (Å²) >= 11 is 0. The van der Waals surface area contributed by atoms with Crippen molar-refractivity contribution in [3.05, 3.63) is 102 Å². The molecule has 1 N–H and O–H groups in total. The molecule has 3 heterocycles. The van der Waals surface area contributed by atoms with E-state index in [-0.39, 0.29) is 11.7 Å². The molecule has 0 atom stereocenters. The number of aryl methyl sites for hydroxylation is 1. The van der Waals surface area contributed by atoms with Gasteiger partial charge in [0, 0.05) is 22.9 Å². The van der Waals surface area contributed by atoms with Crippen LogP contribution in [0.2, 0.25) is 0 Å². The number of carbonyl (C=O) groups is 1. The molecular formula is C25H18FN5O. The monoisotopic (exact) mass is 423 g/mol. The van der Waals surface area contributed by atoms with Crippen molar-refractivity contribution < 1.29 is 9.18 Å². The second-order valence-corrected chi connectivity index (χ2v) is 7.35. The molecule has 2 aromatic carbocycles. The topological polar surface area (TPSA) is 72.2 Å². The summed E-state index contributed by atoms with van der Waals surface area (Å²) in [7, 11) is 0. The van der Waals surface area contributed by atoms with Crippen molar-refractivity contribution in [3.63, 3.8) is 0 Å². The van der Waals surface area contributed by atoms with Gasteiger partial charge in [-0.3, -0.25) is 9.20 Å². The van der Waals surface area contributed by atoms with Gasteiger partial charge in [0.15, 0.2) is 11.5 Å². The van der Waals surface area contributed by atoms with Crippen LogP contribution in [0, 0.1) is 12.7 Å². The Morgan fingerprint density at radius 3 is 2.56 bits per heavy atom. The van der Waals surface area contributed by atoms with Crippen LogP contribution in [0.3, 0.4) is 0 Å². The highest BCUT2D eigenvalue weighted by molar-refractivity contribution is 6.05. The zero-order valence-corrected chi connectivity index (χ0v) is 17.2. The molecule has 0 aliphatic carbocycles. The molecule has 0 saturated heterocycles. The van der Waals surface area contributed by atoms with Crippen LogP contribution < -0.4 is 5.32 Å². The van der Waals surface area contributed by atoms with Gasteiger partial charge in [-0.1, -0.05) is 42.5 Å². The first kappa shape index (κ1) is 19.6. The van der Waals surface area contributed by atoms with Crippen molar-refractivity contribution in [1.29, 1.82) is 0 Å². The van der Waals surface area contributed by atoms with E-state index in [1.54, 1.807) is 0 Å². The first-order valence-electron chi connectivity index (χ1n) is 10.0. The lowest BCUT2D eigenvalue weighted by Gasteiger charge is -2.10. The number of nitrogens with zero attached hydrogens (tertiary/aromatic N) is 4. The van der Waals surface area contributed by atoms with Crippen LogP contribution in [-0.2, 0) is 0 Å². The van der Waals surface area contributed by atoms with Gasteiger partial charge in [0.2, 0.25) is 0 Å². The minimum absolute atomic E-state index is 0.285. The third-order valence-electron chi connectivity index (χ3n) is 5.23. The summed E-state index contributed by atoms with van der Waals surface area (Å²) in [5.41, 5.74) is 4.67. The number of rotatable bonds is 4. The second kappa shape index (κ2) is 8.03. The second-order valence-electron chi connectivity index (χ2n) is 7.35. The van der Waals surface area contributed by atoms with E-state index in [1.165, 1.54) is 12.1 Å². The molecule has 5 rings (SSSR count). The van der Waals surface area contributed by atoms with Gasteiger partial charge in [-0.25, -0.2) is 9.37 Å². The molecule has 3 aromatic heterocycles. The zero-order valence-electron chi connectivity index (χ0n) is 17.2. The van der Waals surface area contributed by atoms with Gasteiger partial charge < -0.3 is 5.32 Å². The highest BCUT2D eigenvalue weighted by atomic mass is 19.1. The first-order valence-corrected chi connectivity index (χ1v) is 10.0. The molecule has 156 valence electrons. The number of nitrogens with one attached hydrogen (secondary N) is 1. The highest BCUT2D eigenvalue weighted by Gasteiger charge is 2.15. The molecule has 0 fully saturated rings. The quantitative estimate of drug-likeness (QED) is 0.434. The predicted molar refractivity (Wildman–Crippen MR) is 121 cm³/mol. The van der Waals surface area contributed by atoms with E-state index in [0.29, 0.717) is 11.2 Å². The number of amides is 1. The van der Waals surface area contributed by atoms with E-state index in [9.17, 15) is 9.18 Å². The van der Waals surface area contributed by atoms with Crippen molar-refractivity contribution >= 4 is 17.4 Å². The summed E-state index contributed by atoms with van der Waals surface area (Å²) in [5, 5.41) is 11.5. The lowest BCUT2D eigenvalue weighted by molar-refractivity contribution is 0.102. The smallest absolute Gasteiger partial charge is 0.257 e. The van der Waals surface area contributed by atoms with Crippen LogP contribution in [0.15, 0.2) is 85.2 Å². The third-order valence-corrected chi connectivity index (χ3v) is 5.23. The molecule has 0 spiro atoms. The number of benzene rings is 2. The Kier molecular flexibility index (Phi) is 4.91. The fraction of sp³-hybridized carbons (Fsp3) is 0.0400. The van der Waals surface area contributed by atoms with Gasteiger partial charge in [-0.05, 0) is 48.4 Å². The van der Waals surface area contributed by atoms with Gasteiger partial charge in [-0.2, -0.15) is 0 Å². The average molecular weight is 423 g/mol. The van der Waals surface area contributed by atoms with Crippen molar-refractivity contribution in [2.45, 2.75) is 6.92 Å². The maximum atomic E-state index is 13.1. The molecule has 32 heavy (non-hydrogen) atoms. The SMILES string of the molecule is Cc1ccc(-c2cccn3c(-c4ccccc4)nnc23)cc1C(=O)Nc1ccc(F)cn1. The minimum atomic E-state index is -0.461. The molecule has 0 unspecified atom stereocenters. The molecule has 5 aromatic rings. The average Bonchev–Trinajstić information content (AvgIpc) is 3.26.